The van der Waals surface area contributed by atoms with Crippen LogP contribution < -0.4 is 9.47 Å². The van der Waals surface area contributed by atoms with Crippen LogP contribution >= 0.6 is 0 Å². The van der Waals surface area contributed by atoms with Crippen LogP contribution in [0.2, 0.25) is 0 Å². The van der Waals surface area contributed by atoms with Crippen molar-refractivity contribution in [2.45, 2.75) is 20.3 Å². The van der Waals surface area contributed by atoms with E-state index in [1.54, 1.807) is 0 Å². The summed E-state index contributed by atoms with van der Waals surface area (Å²) >= 11 is 0. The van der Waals surface area contributed by atoms with Gasteiger partial charge in [-0.3, -0.25) is 0 Å². The third-order valence-corrected chi connectivity index (χ3v) is 4.78. The van der Waals surface area contributed by atoms with Gasteiger partial charge in [0.25, 0.3) is 0 Å². The molecule has 4 nitrogen and oxygen atoms in total. The number of nitrogens with zero attached hydrogens (tertiary/aromatic N) is 1. The molecule has 0 radical (unpaired) electrons. The van der Waals surface area contributed by atoms with E-state index in [1.165, 1.54) is 19.5 Å². The van der Waals surface area contributed by atoms with E-state index < -0.39 is 0 Å². The Labute approximate surface area is 163 Å². The highest BCUT2D eigenvalue weighted by Crippen LogP contribution is 2.25. The van der Waals surface area contributed by atoms with Gasteiger partial charge in [-0.05, 0) is 42.5 Å². The van der Waals surface area contributed by atoms with Crippen LogP contribution in [0.25, 0.3) is 0 Å². The predicted molar refractivity (Wildman–Crippen MR) is 109 cm³/mol. The van der Waals surface area contributed by atoms with Crippen molar-refractivity contribution in [2.24, 2.45) is 11.8 Å². The van der Waals surface area contributed by atoms with Crippen molar-refractivity contribution in [3.8, 4) is 17.2 Å². The second-order valence-electron chi connectivity index (χ2n) is 7.56. The number of rotatable bonds is 9. The summed E-state index contributed by atoms with van der Waals surface area (Å²) in [4.78, 5) is 2.52. The van der Waals surface area contributed by atoms with E-state index in [-0.39, 0.29) is 0 Å². The quantitative estimate of drug-likeness (QED) is 0.591. The lowest BCUT2D eigenvalue weighted by atomic mass is 9.92. The second-order valence-corrected chi connectivity index (χ2v) is 7.56. The summed E-state index contributed by atoms with van der Waals surface area (Å²) in [6.07, 6.45) is 1.35. The SMILES string of the molecule is CC1CC(C)CN(CCOCCOc2cccc(Oc3ccccc3)c2)C1. The summed E-state index contributed by atoms with van der Waals surface area (Å²) < 4.78 is 17.4. The Morgan fingerprint density at radius 1 is 0.815 bits per heavy atom. The highest BCUT2D eigenvalue weighted by molar-refractivity contribution is 5.36. The van der Waals surface area contributed by atoms with Crippen molar-refractivity contribution in [2.75, 3.05) is 39.5 Å². The molecule has 27 heavy (non-hydrogen) atoms. The lowest BCUT2D eigenvalue weighted by Crippen LogP contribution is -2.40. The molecule has 2 unspecified atom stereocenters. The fourth-order valence-electron chi connectivity index (χ4n) is 3.74. The molecule has 0 saturated carbocycles. The summed E-state index contributed by atoms with van der Waals surface area (Å²) in [5.74, 6) is 3.97. The normalized spacial score (nSPS) is 20.4. The number of para-hydroxylation sites is 1. The lowest BCUT2D eigenvalue weighted by Gasteiger charge is -2.34. The molecule has 0 aliphatic carbocycles. The lowest BCUT2D eigenvalue weighted by molar-refractivity contribution is 0.0595. The molecule has 0 aromatic heterocycles. The molecule has 1 aliphatic rings. The maximum absolute atomic E-state index is 5.83. The maximum Gasteiger partial charge on any atom is 0.131 e. The molecule has 0 N–H and O–H groups in total. The smallest absolute Gasteiger partial charge is 0.131 e. The van der Waals surface area contributed by atoms with Crippen LogP contribution in [-0.2, 0) is 4.74 Å². The Balaban J connectivity index is 1.33. The maximum atomic E-state index is 5.83. The van der Waals surface area contributed by atoms with E-state index in [2.05, 4.69) is 18.7 Å². The van der Waals surface area contributed by atoms with Crippen molar-refractivity contribution in [3.05, 3.63) is 54.6 Å². The average Bonchev–Trinajstić information content (AvgIpc) is 2.65. The van der Waals surface area contributed by atoms with E-state index >= 15 is 0 Å². The van der Waals surface area contributed by atoms with Crippen molar-refractivity contribution in [1.82, 2.24) is 4.90 Å². The minimum atomic E-state index is 0.543. The van der Waals surface area contributed by atoms with Crippen LogP contribution in [-0.4, -0.2) is 44.4 Å². The first-order valence-corrected chi connectivity index (χ1v) is 9.95. The first-order chi connectivity index (χ1) is 13.2. The van der Waals surface area contributed by atoms with E-state index in [0.717, 1.165) is 42.2 Å². The van der Waals surface area contributed by atoms with Crippen molar-refractivity contribution >= 4 is 0 Å². The first kappa shape index (κ1) is 19.7. The topological polar surface area (TPSA) is 30.9 Å². The third kappa shape index (κ3) is 6.89. The number of piperidine rings is 1. The molecule has 1 fully saturated rings. The largest absolute Gasteiger partial charge is 0.491 e. The van der Waals surface area contributed by atoms with Gasteiger partial charge in [0.1, 0.15) is 23.9 Å². The number of benzene rings is 2. The fraction of sp³-hybridized carbons (Fsp3) is 0.478. The predicted octanol–water partition coefficient (Wildman–Crippen LogP) is 4.85. The fourth-order valence-corrected chi connectivity index (χ4v) is 3.74. The van der Waals surface area contributed by atoms with Gasteiger partial charge in [0.2, 0.25) is 0 Å². The van der Waals surface area contributed by atoms with Gasteiger partial charge in [-0.2, -0.15) is 0 Å². The molecule has 3 rings (SSSR count). The second kappa shape index (κ2) is 10.3. The highest BCUT2D eigenvalue weighted by Gasteiger charge is 2.21. The summed E-state index contributed by atoms with van der Waals surface area (Å²) in [5.41, 5.74) is 0. The van der Waals surface area contributed by atoms with Crippen LogP contribution in [0.4, 0.5) is 0 Å². The standard InChI is InChI=1S/C23H31NO3/c1-19-15-20(2)18-24(17-19)11-12-25-13-14-26-22-9-6-10-23(16-22)27-21-7-4-3-5-8-21/h3-10,16,19-20H,11-15,17-18H2,1-2H3. The van der Waals surface area contributed by atoms with Gasteiger partial charge >= 0.3 is 0 Å². The summed E-state index contributed by atoms with van der Waals surface area (Å²) in [7, 11) is 0. The molecule has 0 bridgehead atoms. The van der Waals surface area contributed by atoms with Crippen LogP contribution in [0.1, 0.15) is 20.3 Å². The molecule has 2 atom stereocenters. The highest BCUT2D eigenvalue weighted by atomic mass is 16.5. The third-order valence-electron chi connectivity index (χ3n) is 4.78. The van der Waals surface area contributed by atoms with Gasteiger partial charge in [-0.1, -0.05) is 38.1 Å². The van der Waals surface area contributed by atoms with E-state index in [0.29, 0.717) is 13.2 Å². The summed E-state index contributed by atoms with van der Waals surface area (Å²) in [6.45, 7) is 9.98. The number of ether oxygens (including phenoxy) is 3. The summed E-state index contributed by atoms with van der Waals surface area (Å²) in [5, 5.41) is 0. The zero-order valence-electron chi connectivity index (χ0n) is 16.5. The minimum Gasteiger partial charge on any atom is -0.491 e. The molecule has 2 aromatic carbocycles. The number of likely N-dealkylation sites (tertiary alicyclic amines) is 1. The van der Waals surface area contributed by atoms with Crippen LogP contribution in [0.3, 0.4) is 0 Å². The van der Waals surface area contributed by atoms with Gasteiger partial charge in [-0.15, -0.1) is 0 Å². The van der Waals surface area contributed by atoms with Crippen molar-refractivity contribution in [1.29, 1.82) is 0 Å². The van der Waals surface area contributed by atoms with Gasteiger partial charge in [0.15, 0.2) is 0 Å². The van der Waals surface area contributed by atoms with Crippen LogP contribution in [0.15, 0.2) is 54.6 Å². The average molecular weight is 370 g/mol. The molecule has 1 aliphatic heterocycles. The van der Waals surface area contributed by atoms with Gasteiger partial charge in [-0.25, -0.2) is 0 Å². The Morgan fingerprint density at radius 2 is 1.52 bits per heavy atom. The van der Waals surface area contributed by atoms with E-state index in [9.17, 15) is 0 Å². The van der Waals surface area contributed by atoms with Crippen molar-refractivity contribution < 1.29 is 14.2 Å². The molecule has 0 spiro atoms. The van der Waals surface area contributed by atoms with E-state index in [1.807, 2.05) is 54.6 Å². The van der Waals surface area contributed by atoms with Crippen LogP contribution in [0, 0.1) is 11.8 Å². The van der Waals surface area contributed by atoms with Crippen LogP contribution in [0.5, 0.6) is 17.2 Å². The van der Waals surface area contributed by atoms with Crippen molar-refractivity contribution in [3.63, 3.8) is 0 Å². The Kier molecular flexibility index (Phi) is 7.55. The first-order valence-electron chi connectivity index (χ1n) is 9.95. The Bertz CT molecular complexity index is 666. The van der Waals surface area contributed by atoms with Gasteiger partial charge in [0.05, 0.1) is 13.2 Å². The number of hydrogen-bond donors (Lipinski definition) is 0. The molecule has 1 saturated heterocycles. The minimum absolute atomic E-state index is 0.543. The monoisotopic (exact) mass is 369 g/mol. The molecule has 0 amide bonds. The summed E-state index contributed by atoms with van der Waals surface area (Å²) in [6, 6.07) is 17.5. The molecule has 1 heterocycles. The molecular weight excluding hydrogens is 338 g/mol. The molecule has 146 valence electrons. The number of hydrogen-bond acceptors (Lipinski definition) is 4. The molecule has 2 aromatic rings. The van der Waals surface area contributed by atoms with E-state index in [4.69, 9.17) is 14.2 Å². The van der Waals surface area contributed by atoms with Gasteiger partial charge in [0, 0.05) is 25.7 Å². The zero-order valence-corrected chi connectivity index (χ0v) is 16.5. The molecule has 4 heteroatoms. The molecular formula is C23H31NO3. The van der Waals surface area contributed by atoms with Gasteiger partial charge < -0.3 is 19.1 Å². The Morgan fingerprint density at radius 3 is 2.30 bits per heavy atom. The zero-order chi connectivity index (χ0) is 18.9. The Hall–Kier alpha value is -2.04.